The topological polar surface area (TPSA) is 117 Å². The molecule has 1 heterocycles. The van der Waals surface area contributed by atoms with Gasteiger partial charge in [-0.2, -0.15) is 0 Å². The van der Waals surface area contributed by atoms with Crippen molar-refractivity contribution in [3.8, 4) is 0 Å². The molecular formula is C23H30N2O6. The van der Waals surface area contributed by atoms with Gasteiger partial charge in [-0.1, -0.05) is 30.3 Å². The first-order valence-electron chi connectivity index (χ1n) is 10.3. The molecule has 8 heteroatoms. The lowest BCUT2D eigenvalue weighted by atomic mass is 9.81. The quantitative estimate of drug-likeness (QED) is 0.453. The van der Waals surface area contributed by atoms with Crippen LogP contribution in [0.4, 0.5) is 0 Å². The molecule has 0 spiro atoms. The van der Waals surface area contributed by atoms with Crippen molar-refractivity contribution in [2.45, 2.75) is 46.8 Å². The molecule has 0 unspecified atom stereocenters. The minimum Gasteiger partial charge on any atom is -0.463 e. The molecule has 1 aromatic carbocycles. The molecule has 0 amide bonds. The van der Waals surface area contributed by atoms with Crippen molar-refractivity contribution < 1.29 is 28.6 Å². The third-order valence-corrected chi connectivity index (χ3v) is 4.89. The van der Waals surface area contributed by atoms with Gasteiger partial charge in [0.15, 0.2) is 0 Å². The number of benzene rings is 1. The fourth-order valence-electron chi connectivity index (χ4n) is 3.51. The van der Waals surface area contributed by atoms with Crippen LogP contribution >= 0.6 is 0 Å². The number of nitrogens with one attached hydrogen (secondary N) is 1. The van der Waals surface area contributed by atoms with Gasteiger partial charge in [-0.05, 0) is 39.7 Å². The number of esters is 3. The Balaban J connectivity index is 2.26. The fraction of sp³-hybridized carbons (Fsp3) is 0.435. The van der Waals surface area contributed by atoms with E-state index in [4.69, 9.17) is 19.9 Å². The van der Waals surface area contributed by atoms with Crippen molar-refractivity contribution in [1.29, 1.82) is 0 Å². The highest BCUT2D eigenvalue weighted by atomic mass is 16.5. The maximum Gasteiger partial charge on any atom is 0.336 e. The highest BCUT2D eigenvalue weighted by Gasteiger charge is 2.38. The normalized spacial score (nSPS) is 15.3. The summed E-state index contributed by atoms with van der Waals surface area (Å²) in [6.45, 7) is 7.24. The second kappa shape index (κ2) is 11.3. The van der Waals surface area contributed by atoms with Gasteiger partial charge < -0.3 is 25.3 Å². The summed E-state index contributed by atoms with van der Waals surface area (Å²) in [7, 11) is 0. The van der Waals surface area contributed by atoms with E-state index in [1.165, 1.54) is 0 Å². The van der Waals surface area contributed by atoms with E-state index in [2.05, 4.69) is 5.32 Å². The van der Waals surface area contributed by atoms with E-state index in [1.807, 2.05) is 30.3 Å². The van der Waals surface area contributed by atoms with E-state index < -0.39 is 29.9 Å². The Morgan fingerprint density at radius 3 is 1.94 bits per heavy atom. The number of hydrogen-bond acceptors (Lipinski definition) is 8. The molecule has 0 radical (unpaired) electrons. The molecule has 0 aromatic heterocycles. The van der Waals surface area contributed by atoms with Crippen LogP contribution in [0.2, 0.25) is 0 Å². The highest BCUT2D eigenvalue weighted by molar-refractivity contribution is 5.98. The molecule has 1 aliphatic heterocycles. The predicted octanol–water partition coefficient (Wildman–Crippen LogP) is 2.34. The van der Waals surface area contributed by atoms with Crippen LogP contribution < -0.4 is 11.1 Å². The SMILES string of the molecule is CCOC(=O)C1=C(C)NC(C)=C(C(=O)OCC)C1C[C@H](N)C(=O)OCc1ccccc1. The van der Waals surface area contributed by atoms with Crippen molar-refractivity contribution in [1.82, 2.24) is 5.32 Å². The van der Waals surface area contributed by atoms with Crippen molar-refractivity contribution in [3.05, 3.63) is 58.4 Å². The first kappa shape index (κ1) is 24.1. The molecule has 0 bridgehead atoms. The van der Waals surface area contributed by atoms with Gasteiger partial charge in [0.25, 0.3) is 0 Å². The molecule has 1 atom stereocenters. The fourth-order valence-corrected chi connectivity index (χ4v) is 3.51. The first-order chi connectivity index (χ1) is 14.8. The largest absolute Gasteiger partial charge is 0.463 e. The van der Waals surface area contributed by atoms with Crippen molar-refractivity contribution >= 4 is 17.9 Å². The monoisotopic (exact) mass is 430 g/mol. The Labute approximate surface area is 182 Å². The van der Waals surface area contributed by atoms with Crippen LogP contribution in [0, 0.1) is 5.92 Å². The van der Waals surface area contributed by atoms with Gasteiger partial charge in [0.05, 0.1) is 24.4 Å². The van der Waals surface area contributed by atoms with Gasteiger partial charge in [0, 0.05) is 17.3 Å². The van der Waals surface area contributed by atoms with Gasteiger partial charge >= 0.3 is 17.9 Å². The molecule has 1 aromatic rings. The van der Waals surface area contributed by atoms with E-state index in [1.54, 1.807) is 27.7 Å². The molecule has 8 nitrogen and oxygen atoms in total. The molecule has 0 aliphatic carbocycles. The zero-order valence-electron chi connectivity index (χ0n) is 18.4. The molecule has 0 saturated heterocycles. The Bertz CT molecular complexity index is 835. The lowest BCUT2D eigenvalue weighted by Crippen LogP contribution is -2.40. The molecule has 168 valence electrons. The van der Waals surface area contributed by atoms with Crippen LogP contribution in [0.5, 0.6) is 0 Å². The van der Waals surface area contributed by atoms with Crippen LogP contribution in [0.1, 0.15) is 39.7 Å². The summed E-state index contributed by atoms with van der Waals surface area (Å²) in [6.07, 6.45) is -0.00766. The molecule has 1 aliphatic rings. The zero-order valence-corrected chi connectivity index (χ0v) is 18.4. The highest BCUT2D eigenvalue weighted by Crippen LogP contribution is 2.34. The van der Waals surface area contributed by atoms with E-state index in [0.717, 1.165) is 5.56 Å². The van der Waals surface area contributed by atoms with E-state index in [-0.39, 0.29) is 37.4 Å². The van der Waals surface area contributed by atoms with Gasteiger partial charge in [0.1, 0.15) is 12.6 Å². The minimum atomic E-state index is -1.05. The molecule has 0 saturated carbocycles. The molecule has 3 N–H and O–H groups in total. The Morgan fingerprint density at radius 1 is 0.935 bits per heavy atom. The third kappa shape index (κ3) is 6.18. The number of nitrogens with two attached hydrogens (primary N) is 1. The van der Waals surface area contributed by atoms with Crippen molar-refractivity contribution in [2.24, 2.45) is 11.7 Å². The van der Waals surface area contributed by atoms with Crippen LogP contribution in [-0.2, 0) is 35.2 Å². The number of ether oxygens (including phenoxy) is 3. The smallest absolute Gasteiger partial charge is 0.336 e. The van der Waals surface area contributed by atoms with E-state index >= 15 is 0 Å². The van der Waals surface area contributed by atoms with Crippen molar-refractivity contribution in [3.63, 3.8) is 0 Å². The molecular weight excluding hydrogens is 400 g/mol. The number of hydrogen-bond donors (Lipinski definition) is 2. The number of rotatable bonds is 9. The summed E-state index contributed by atoms with van der Waals surface area (Å²) in [6, 6.07) is 8.17. The van der Waals surface area contributed by atoms with Crippen LogP contribution in [0.15, 0.2) is 52.9 Å². The van der Waals surface area contributed by atoms with Crippen molar-refractivity contribution in [2.75, 3.05) is 13.2 Å². The van der Waals surface area contributed by atoms with Gasteiger partial charge in [0.2, 0.25) is 0 Å². The van der Waals surface area contributed by atoms with E-state index in [0.29, 0.717) is 11.4 Å². The Hall–Kier alpha value is -3.13. The summed E-state index contributed by atoms with van der Waals surface area (Å²) in [5.41, 5.74) is 8.55. The summed E-state index contributed by atoms with van der Waals surface area (Å²) in [5.74, 6) is -2.53. The number of allylic oxidation sites excluding steroid dienone is 2. The second-order valence-electron chi connectivity index (χ2n) is 7.13. The van der Waals surface area contributed by atoms with Gasteiger partial charge in [-0.25, -0.2) is 9.59 Å². The molecule has 31 heavy (non-hydrogen) atoms. The summed E-state index contributed by atoms with van der Waals surface area (Å²) in [5, 5.41) is 3.04. The van der Waals surface area contributed by atoms with E-state index in [9.17, 15) is 14.4 Å². The number of carbonyl (C=O) groups is 3. The van der Waals surface area contributed by atoms with Crippen LogP contribution in [0.3, 0.4) is 0 Å². The first-order valence-corrected chi connectivity index (χ1v) is 10.3. The van der Waals surface area contributed by atoms with Gasteiger partial charge in [-0.15, -0.1) is 0 Å². The summed E-state index contributed by atoms with van der Waals surface area (Å²) in [4.78, 5) is 37.9. The number of dihydropyridines is 1. The number of carbonyl (C=O) groups excluding carboxylic acids is 3. The second-order valence-corrected chi connectivity index (χ2v) is 7.13. The molecule has 0 fully saturated rings. The summed E-state index contributed by atoms with van der Waals surface area (Å²) >= 11 is 0. The maximum absolute atomic E-state index is 12.7. The average Bonchev–Trinajstić information content (AvgIpc) is 2.72. The lowest BCUT2D eigenvalue weighted by Gasteiger charge is -2.31. The Morgan fingerprint density at radius 2 is 1.45 bits per heavy atom. The minimum absolute atomic E-state index is 0.00766. The maximum atomic E-state index is 12.7. The molecule has 2 rings (SSSR count). The predicted molar refractivity (Wildman–Crippen MR) is 114 cm³/mol. The average molecular weight is 431 g/mol. The third-order valence-electron chi connectivity index (χ3n) is 4.89. The summed E-state index contributed by atoms with van der Waals surface area (Å²) < 4.78 is 15.7. The van der Waals surface area contributed by atoms with Gasteiger partial charge in [-0.3, -0.25) is 4.79 Å². The van der Waals surface area contributed by atoms with Crippen LogP contribution in [-0.4, -0.2) is 37.2 Å². The Kier molecular flexibility index (Phi) is 8.81. The lowest BCUT2D eigenvalue weighted by molar-refractivity contribution is -0.148. The van der Waals surface area contributed by atoms with Crippen LogP contribution in [0.25, 0.3) is 0 Å². The zero-order chi connectivity index (χ0) is 23.0. The standard InChI is InChI=1S/C23H30N2O6/c1-5-29-22(27)19-14(3)25-15(4)20(23(28)30-6-2)17(19)12-18(24)21(26)31-13-16-10-8-7-9-11-16/h7-11,17-18,25H,5-6,12-13,24H2,1-4H3/t18-/m0/s1.